The van der Waals surface area contributed by atoms with Crippen LogP contribution in [-0.4, -0.2) is 27.2 Å². The fourth-order valence-electron chi connectivity index (χ4n) is 3.33. The van der Waals surface area contributed by atoms with E-state index in [4.69, 9.17) is 24.0 Å². The lowest BCUT2D eigenvalue weighted by molar-refractivity contribution is 0.355. The highest BCUT2D eigenvalue weighted by Gasteiger charge is 2.34. The lowest BCUT2D eigenvalue weighted by Crippen LogP contribution is -2.42. The summed E-state index contributed by atoms with van der Waals surface area (Å²) < 4.78 is 21.6. The Balaban J connectivity index is 1.81. The zero-order valence-electron chi connectivity index (χ0n) is 15.9. The highest BCUT2D eigenvalue weighted by atomic mass is 16.5. The molecule has 2 aromatic carbocycles. The van der Waals surface area contributed by atoms with E-state index in [0.29, 0.717) is 28.8 Å². The Morgan fingerprint density at radius 2 is 1.68 bits per heavy atom. The third kappa shape index (κ3) is 2.90. The lowest BCUT2D eigenvalue weighted by Gasteiger charge is -2.38. The first kappa shape index (κ1) is 17.8. The van der Waals surface area contributed by atoms with Gasteiger partial charge in [0.1, 0.15) is 17.8 Å². The van der Waals surface area contributed by atoms with Crippen LogP contribution in [0.15, 0.2) is 59.2 Å². The van der Waals surface area contributed by atoms with Gasteiger partial charge in [0, 0.05) is 11.8 Å². The van der Waals surface area contributed by atoms with Gasteiger partial charge in [-0.2, -0.15) is 0 Å². The molecule has 7 nitrogen and oxygen atoms in total. The molecule has 0 bridgehead atoms. The van der Waals surface area contributed by atoms with Gasteiger partial charge in [0.2, 0.25) is 5.88 Å². The van der Waals surface area contributed by atoms with Gasteiger partial charge in [-0.25, -0.2) is 0 Å². The predicted molar refractivity (Wildman–Crippen MR) is 107 cm³/mol. The molecule has 0 fully saturated rings. The first-order valence-electron chi connectivity index (χ1n) is 8.74. The molecule has 0 aliphatic carbocycles. The average Bonchev–Trinajstić information content (AvgIpc) is 3.22. The Hall–Kier alpha value is -3.61. The van der Waals surface area contributed by atoms with E-state index in [1.54, 1.807) is 33.7 Å². The average molecular weight is 379 g/mol. The second kappa shape index (κ2) is 7.19. The molecule has 1 atom stereocenters. The number of nitrogens with one attached hydrogen (secondary N) is 2. The quantitative estimate of drug-likeness (QED) is 0.689. The van der Waals surface area contributed by atoms with E-state index in [2.05, 4.69) is 5.32 Å². The summed E-state index contributed by atoms with van der Waals surface area (Å²) in [7, 11) is 4.82. The minimum Gasteiger partial charge on any atom is -0.497 e. The lowest BCUT2D eigenvalue weighted by atomic mass is 10.1. The maximum Gasteiger partial charge on any atom is 0.205 e. The third-order valence-electron chi connectivity index (χ3n) is 4.76. The molecule has 1 aromatic heterocycles. The third-order valence-corrected chi connectivity index (χ3v) is 4.76. The van der Waals surface area contributed by atoms with Gasteiger partial charge >= 0.3 is 0 Å². The molecule has 1 aliphatic heterocycles. The van der Waals surface area contributed by atoms with Gasteiger partial charge in [0.25, 0.3) is 0 Å². The molecule has 144 valence electrons. The first-order chi connectivity index (χ1) is 13.7. The number of furan rings is 1. The van der Waals surface area contributed by atoms with Crippen molar-refractivity contribution in [3.05, 3.63) is 65.9 Å². The van der Waals surface area contributed by atoms with Crippen LogP contribution in [0.25, 0.3) is 0 Å². The second-order valence-electron chi connectivity index (χ2n) is 6.24. The van der Waals surface area contributed by atoms with Crippen molar-refractivity contribution in [2.45, 2.75) is 6.17 Å². The smallest absolute Gasteiger partial charge is 0.205 e. The Bertz CT molecular complexity index is 997. The van der Waals surface area contributed by atoms with Crippen LogP contribution in [0.3, 0.4) is 0 Å². The van der Waals surface area contributed by atoms with Crippen molar-refractivity contribution in [2.75, 3.05) is 31.5 Å². The number of ether oxygens (including phenoxy) is 3. The predicted octanol–water partition coefficient (Wildman–Crippen LogP) is 4.26. The van der Waals surface area contributed by atoms with E-state index in [9.17, 15) is 0 Å². The number of amidine groups is 1. The molecule has 4 rings (SSSR count). The number of hydrogen-bond acceptors (Lipinski definition) is 6. The summed E-state index contributed by atoms with van der Waals surface area (Å²) in [5, 5.41) is 12.2. The number of methoxy groups -OCH3 is 3. The van der Waals surface area contributed by atoms with E-state index in [-0.39, 0.29) is 6.17 Å². The second-order valence-corrected chi connectivity index (χ2v) is 6.24. The van der Waals surface area contributed by atoms with Crippen molar-refractivity contribution in [3.63, 3.8) is 0 Å². The number of benzene rings is 2. The number of rotatable bonds is 5. The molecular formula is C21H21N3O4. The number of nitrogens with zero attached hydrogens (tertiary/aromatic N) is 1. The van der Waals surface area contributed by atoms with Crippen molar-refractivity contribution < 1.29 is 18.6 Å². The summed E-state index contributed by atoms with van der Waals surface area (Å²) in [5.74, 6) is 2.90. The van der Waals surface area contributed by atoms with Crippen LogP contribution in [0, 0.1) is 5.41 Å². The molecule has 0 radical (unpaired) electrons. The van der Waals surface area contributed by atoms with Gasteiger partial charge in [-0.15, -0.1) is 0 Å². The number of hydrogen-bond donors (Lipinski definition) is 2. The highest BCUT2D eigenvalue weighted by molar-refractivity contribution is 6.13. The van der Waals surface area contributed by atoms with Gasteiger partial charge in [-0.1, -0.05) is 12.1 Å². The molecule has 28 heavy (non-hydrogen) atoms. The van der Waals surface area contributed by atoms with Gasteiger partial charge in [0.15, 0.2) is 11.5 Å². The topological polar surface area (TPSA) is 80.0 Å². The minimum absolute atomic E-state index is 0.329. The van der Waals surface area contributed by atoms with Gasteiger partial charge in [0.05, 0.1) is 33.2 Å². The van der Waals surface area contributed by atoms with Crippen molar-refractivity contribution in [3.8, 4) is 17.2 Å². The maximum absolute atomic E-state index is 8.80. The molecule has 0 amide bonds. The Kier molecular flexibility index (Phi) is 4.57. The maximum atomic E-state index is 8.80. The normalized spacial score (nSPS) is 15.6. The summed E-state index contributed by atoms with van der Waals surface area (Å²) in [6, 6.07) is 15.1. The fraction of sp³-hybridized carbons (Fsp3) is 0.190. The largest absolute Gasteiger partial charge is 0.497 e. The fourth-order valence-corrected chi connectivity index (χ4v) is 3.33. The van der Waals surface area contributed by atoms with Crippen molar-refractivity contribution >= 4 is 17.4 Å². The SMILES string of the molecule is COc1ccc(C2Nc3occc3C(=N)N2c2ccc(OC)c(OC)c2)cc1. The van der Waals surface area contributed by atoms with Crippen molar-refractivity contribution in [2.24, 2.45) is 0 Å². The van der Waals surface area contributed by atoms with Crippen LogP contribution >= 0.6 is 0 Å². The van der Waals surface area contributed by atoms with E-state index >= 15 is 0 Å². The summed E-state index contributed by atoms with van der Waals surface area (Å²) in [5.41, 5.74) is 2.45. The molecular weight excluding hydrogens is 358 g/mol. The Morgan fingerprint density at radius 1 is 0.929 bits per heavy atom. The van der Waals surface area contributed by atoms with E-state index in [1.165, 1.54) is 0 Å². The summed E-state index contributed by atoms with van der Waals surface area (Å²) in [6.45, 7) is 0. The summed E-state index contributed by atoms with van der Waals surface area (Å²) in [4.78, 5) is 1.89. The van der Waals surface area contributed by atoms with Gasteiger partial charge in [-0.05, 0) is 35.9 Å². The molecule has 0 spiro atoms. The zero-order valence-corrected chi connectivity index (χ0v) is 15.9. The van der Waals surface area contributed by atoms with E-state index in [0.717, 1.165) is 17.0 Å². The number of anilines is 2. The summed E-state index contributed by atoms with van der Waals surface area (Å²) >= 11 is 0. The van der Waals surface area contributed by atoms with Crippen LogP contribution in [0.4, 0.5) is 11.6 Å². The first-order valence-corrected chi connectivity index (χ1v) is 8.74. The van der Waals surface area contributed by atoms with E-state index < -0.39 is 0 Å². The van der Waals surface area contributed by atoms with Crippen LogP contribution in [-0.2, 0) is 0 Å². The minimum atomic E-state index is -0.338. The van der Waals surface area contributed by atoms with Crippen LogP contribution < -0.4 is 24.4 Å². The van der Waals surface area contributed by atoms with Crippen molar-refractivity contribution in [1.82, 2.24) is 0 Å². The Morgan fingerprint density at radius 3 is 2.36 bits per heavy atom. The van der Waals surface area contributed by atoms with Gasteiger partial charge in [-0.3, -0.25) is 5.41 Å². The monoisotopic (exact) mass is 379 g/mol. The van der Waals surface area contributed by atoms with Crippen LogP contribution in [0.1, 0.15) is 17.3 Å². The molecule has 1 aliphatic rings. The summed E-state index contributed by atoms with van der Waals surface area (Å²) in [6.07, 6.45) is 1.24. The van der Waals surface area contributed by atoms with E-state index in [1.807, 2.05) is 47.4 Å². The number of fused-ring (bicyclic) bond motifs is 1. The van der Waals surface area contributed by atoms with Crippen LogP contribution in [0.5, 0.6) is 17.2 Å². The zero-order chi connectivity index (χ0) is 19.7. The molecule has 3 aromatic rings. The van der Waals surface area contributed by atoms with Gasteiger partial charge < -0.3 is 28.8 Å². The van der Waals surface area contributed by atoms with Crippen LogP contribution in [0.2, 0.25) is 0 Å². The highest BCUT2D eigenvalue weighted by Crippen LogP contribution is 2.40. The molecule has 0 saturated heterocycles. The molecule has 0 saturated carbocycles. The molecule has 2 N–H and O–H groups in total. The molecule has 2 heterocycles. The van der Waals surface area contributed by atoms with Crippen molar-refractivity contribution in [1.29, 1.82) is 5.41 Å². The standard InChI is InChI=1S/C21H21N3O4/c1-25-15-7-4-13(5-8-15)20-23-21-16(10-11-28-21)19(22)24(20)14-6-9-17(26-2)18(12-14)27-3/h4-12,20,22-23H,1-3H3. The molecule has 1 unspecified atom stereocenters. The Labute approximate surface area is 162 Å². The molecule has 7 heteroatoms.